The van der Waals surface area contributed by atoms with Gasteiger partial charge in [0.05, 0.1) is 45.5 Å². The Kier molecular flexibility index (Phi) is 12.3. The fourth-order valence-corrected chi connectivity index (χ4v) is 10.3. The van der Waals surface area contributed by atoms with Crippen LogP contribution in [0.5, 0.6) is 0 Å². The maximum absolute atomic E-state index is 14.3. The number of hydrogen-bond acceptors (Lipinski definition) is 13. The Hall–Kier alpha value is -5.89. The Balaban J connectivity index is 1.05. The summed E-state index contributed by atoms with van der Waals surface area (Å²) in [5.41, 5.74) is 2.19. The summed E-state index contributed by atoms with van der Waals surface area (Å²) in [7, 11) is -4.24. The molecular formula is C43H38ClF2N9O5S2. The molecule has 62 heavy (non-hydrogen) atoms. The third-order valence-electron chi connectivity index (χ3n) is 11.3. The van der Waals surface area contributed by atoms with E-state index in [0.29, 0.717) is 63.0 Å². The van der Waals surface area contributed by atoms with Crippen LogP contribution >= 0.6 is 22.9 Å². The highest BCUT2D eigenvalue weighted by molar-refractivity contribution is 7.90. The van der Waals surface area contributed by atoms with Crippen molar-refractivity contribution in [1.82, 2.24) is 34.1 Å². The smallest absolute Gasteiger partial charge is 0.345 e. The van der Waals surface area contributed by atoms with Crippen molar-refractivity contribution in [2.75, 3.05) is 24.5 Å². The molecule has 0 radical (unpaired) electrons. The lowest BCUT2D eigenvalue weighted by molar-refractivity contribution is -0.194. The van der Waals surface area contributed by atoms with E-state index in [1.54, 1.807) is 37.3 Å². The van der Waals surface area contributed by atoms with Gasteiger partial charge < -0.3 is 14.5 Å². The van der Waals surface area contributed by atoms with Crippen LogP contribution in [0.3, 0.4) is 0 Å². The van der Waals surface area contributed by atoms with E-state index < -0.39 is 34.2 Å². The Morgan fingerprint density at radius 3 is 2.61 bits per heavy atom. The number of ether oxygens (including phenoxy) is 1. The first-order valence-corrected chi connectivity index (χ1v) is 22.5. The van der Waals surface area contributed by atoms with Crippen LogP contribution in [0.2, 0.25) is 5.02 Å². The van der Waals surface area contributed by atoms with Gasteiger partial charge in [-0.1, -0.05) is 29.5 Å². The molecule has 6 aromatic rings. The maximum atomic E-state index is 14.3. The molecule has 14 nitrogen and oxygen atoms in total. The minimum atomic E-state index is -4.24. The Morgan fingerprint density at radius 2 is 1.90 bits per heavy atom. The molecule has 8 rings (SSSR count). The number of nitrogens with one attached hydrogen (secondary N) is 1. The molecule has 0 spiro atoms. The largest absolute Gasteiger partial charge is 0.353 e. The standard InChI is InChI=1S/C43H38ClF2N9O5S2/c1-3-54(28-12-17-53(18-13-28)29-20-30(21-29)60-43(45)46)40-33(22-47)37-35(23-50-40)51-25(2)55(42(37)57)16-6-7-26-9-10-27(44)19-32(26)31-11-15-49-38-34(24-61-39(31)38)41(56)52-62(58,59)36-8-4-5-14-48-36/h4-5,8-11,14-15,19,23-24,28-30,43H,3,12-13,16-18,20-21H2,1-2H3,(H,52,56). The molecule has 1 aliphatic carbocycles. The molecule has 318 valence electrons. The molecule has 2 aliphatic rings. The van der Waals surface area contributed by atoms with Crippen molar-refractivity contribution in [1.29, 1.82) is 5.26 Å². The van der Waals surface area contributed by atoms with Crippen molar-refractivity contribution < 1.29 is 26.7 Å². The fraction of sp³-hybridized carbons (Fsp3) is 0.326. The van der Waals surface area contributed by atoms with E-state index in [9.17, 15) is 32.0 Å². The van der Waals surface area contributed by atoms with Gasteiger partial charge in [-0.2, -0.15) is 22.5 Å². The predicted molar refractivity (Wildman–Crippen MR) is 231 cm³/mol. The summed E-state index contributed by atoms with van der Waals surface area (Å²) in [4.78, 5) is 49.5. The van der Waals surface area contributed by atoms with Gasteiger partial charge in [0.15, 0.2) is 5.03 Å². The number of carbonyl (C=O) groups is 1. The summed E-state index contributed by atoms with van der Waals surface area (Å²) in [6, 6.07) is 13.8. The van der Waals surface area contributed by atoms with E-state index in [0.717, 1.165) is 25.9 Å². The van der Waals surface area contributed by atoms with Crippen molar-refractivity contribution in [3.8, 4) is 29.0 Å². The van der Waals surface area contributed by atoms with E-state index in [4.69, 9.17) is 11.6 Å². The van der Waals surface area contributed by atoms with E-state index in [-0.39, 0.29) is 45.7 Å². The number of anilines is 1. The van der Waals surface area contributed by atoms with Crippen LogP contribution in [0.25, 0.3) is 32.2 Å². The van der Waals surface area contributed by atoms with Crippen LogP contribution in [-0.4, -0.2) is 88.2 Å². The molecule has 1 aliphatic heterocycles. The predicted octanol–water partition coefficient (Wildman–Crippen LogP) is 6.53. The first kappa shape index (κ1) is 42.8. The highest BCUT2D eigenvalue weighted by Crippen LogP contribution is 2.37. The number of benzene rings is 1. The van der Waals surface area contributed by atoms with Crippen molar-refractivity contribution in [3.05, 3.63) is 104 Å². The lowest BCUT2D eigenvalue weighted by Crippen LogP contribution is -2.54. The third kappa shape index (κ3) is 8.49. The topological polar surface area (TPSA) is 176 Å². The number of rotatable bonds is 11. The quantitative estimate of drug-likeness (QED) is 0.140. The fourth-order valence-electron chi connectivity index (χ4n) is 8.16. The first-order valence-electron chi connectivity index (χ1n) is 19.7. The van der Waals surface area contributed by atoms with Crippen LogP contribution in [0.15, 0.2) is 76.3 Å². The van der Waals surface area contributed by atoms with Crippen LogP contribution < -0.4 is 15.2 Å². The number of carbonyl (C=O) groups excluding carboxylic acids is 1. The van der Waals surface area contributed by atoms with Crippen LogP contribution in [0.1, 0.15) is 59.9 Å². The number of piperidine rings is 1. The first-order chi connectivity index (χ1) is 29.9. The van der Waals surface area contributed by atoms with E-state index in [1.165, 1.54) is 52.0 Å². The van der Waals surface area contributed by atoms with Crippen molar-refractivity contribution in [2.24, 2.45) is 0 Å². The number of halogens is 3. The SMILES string of the molecule is CCN(c1ncc2nc(C)n(CC#Cc3ccc(Cl)cc3-c3ccnc4c(C(=O)NS(=O)(=O)c5ccccn5)csc34)c(=O)c2c1C#N)C1CCN(C2CC(OC(F)F)C2)CC1. The molecule has 6 heterocycles. The average Bonchev–Trinajstić information content (AvgIpc) is 3.69. The number of nitrogens with zero attached hydrogens (tertiary/aromatic N) is 8. The number of alkyl halides is 2. The number of pyridine rings is 3. The second kappa shape index (κ2) is 17.8. The van der Waals surface area contributed by atoms with Gasteiger partial charge in [0, 0.05) is 71.2 Å². The molecule has 0 unspecified atom stereocenters. The number of aromatic nitrogens is 5. The number of amides is 1. The van der Waals surface area contributed by atoms with Gasteiger partial charge in [0.1, 0.15) is 23.3 Å². The highest BCUT2D eigenvalue weighted by atomic mass is 35.5. The van der Waals surface area contributed by atoms with E-state index in [2.05, 4.69) is 57.1 Å². The molecule has 1 amide bonds. The number of sulfonamides is 1. The van der Waals surface area contributed by atoms with Crippen LogP contribution in [0, 0.1) is 30.1 Å². The van der Waals surface area contributed by atoms with Crippen LogP contribution in [-0.2, 0) is 21.3 Å². The summed E-state index contributed by atoms with van der Waals surface area (Å²) in [5, 5.41) is 12.3. The van der Waals surface area contributed by atoms with E-state index in [1.807, 2.05) is 6.92 Å². The summed E-state index contributed by atoms with van der Waals surface area (Å²) in [6.45, 7) is 2.92. The van der Waals surface area contributed by atoms with Gasteiger partial charge in [-0.3, -0.25) is 19.1 Å². The number of likely N-dealkylation sites (tertiary alicyclic amines) is 1. The van der Waals surface area contributed by atoms with Gasteiger partial charge in [0.25, 0.3) is 21.5 Å². The molecule has 2 fully saturated rings. The average molecular weight is 898 g/mol. The van der Waals surface area contributed by atoms with Crippen molar-refractivity contribution in [3.63, 3.8) is 0 Å². The molecule has 1 saturated heterocycles. The van der Waals surface area contributed by atoms with Gasteiger partial charge in [-0.05, 0) is 75.9 Å². The van der Waals surface area contributed by atoms with Crippen molar-refractivity contribution >= 4 is 65.8 Å². The minimum absolute atomic E-state index is 0.0504. The van der Waals surface area contributed by atoms with Gasteiger partial charge >= 0.3 is 6.61 Å². The molecule has 0 atom stereocenters. The summed E-state index contributed by atoms with van der Waals surface area (Å²) in [5.74, 6) is 6.20. The molecule has 0 bridgehead atoms. The zero-order chi connectivity index (χ0) is 43.7. The molecule has 1 aromatic carbocycles. The summed E-state index contributed by atoms with van der Waals surface area (Å²) < 4.78 is 59.7. The maximum Gasteiger partial charge on any atom is 0.345 e. The second-order valence-electron chi connectivity index (χ2n) is 14.9. The van der Waals surface area contributed by atoms with Crippen molar-refractivity contribution in [2.45, 2.75) is 75.9 Å². The second-order valence-corrected chi connectivity index (χ2v) is 17.8. The van der Waals surface area contributed by atoms with Crippen LogP contribution in [0.4, 0.5) is 14.6 Å². The lowest BCUT2D eigenvalue weighted by Gasteiger charge is -2.47. The molecule has 1 saturated carbocycles. The minimum Gasteiger partial charge on any atom is -0.353 e. The number of thiophene rings is 1. The monoisotopic (exact) mass is 897 g/mol. The number of hydrogen-bond donors (Lipinski definition) is 1. The lowest BCUT2D eigenvalue weighted by atomic mass is 9.86. The molecular weight excluding hydrogens is 860 g/mol. The molecule has 19 heteroatoms. The van der Waals surface area contributed by atoms with Gasteiger partial charge in [-0.15, -0.1) is 11.3 Å². The normalized spacial score (nSPS) is 17.0. The number of aryl methyl sites for hydroxylation is 1. The highest BCUT2D eigenvalue weighted by Gasteiger charge is 2.38. The zero-order valence-corrected chi connectivity index (χ0v) is 35.8. The van der Waals surface area contributed by atoms with Gasteiger partial charge in [-0.25, -0.2) is 19.7 Å². The summed E-state index contributed by atoms with van der Waals surface area (Å²) >= 11 is 7.70. The summed E-state index contributed by atoms with van der Waals surface area (Å²) in [6.07, 6.45) is 6.66. The Morgan fingerprint density at radius 1 is 1.11 bits per heavy atom. The number of fused-ring (bicyclic) bond motifs is 2. The number of nitriles is 1. The Labute approximate surface area is 364 Å². The zero-order valence-electron chi connectivity index (χ0n) is 33.4. The molecule has 1 N–H and O–H groups in total. The Bertz CT molecular complexity index is 2970. The third-order valence-corrected chi connectivity index (χ3v) is 13.8. The van der Waals surface area contributed by atoms with Gasteiger partial charge in [0.2, 0.25) is 0 Å². The molecule has 5 aromatic heterocycles. The van der Waals surface area contributed by atoms with E-state index >= 15 is 0 Å².